The first-order valence-corrected chi connectivity index (χ1v) is 13.5. The van der Waals surface area contributed by atoms with E-state index in [1.807, 2.05) is 53.0 Å². The molecule has 0 spiro atoms. The molecule has 2 aliphatic rings. The van der Waals surface area contributed by atoms with Crippen LogP contribution in [0.25, 0.3) is 27.8 Å². The summed E-state index contributed by atoms with van der Waals surface area (Å²) < 4.78 is 7.42. The second-order valence-corrected chi connectivity index (χ2v) is 10.5. The van der Waals surface area contributed by atoms with Gasteiger partial charge in [0.15, 0.2) is 10.8 Å². The molecule has 5 aromatic rings. The molecule has 2 aromatic carbocycles. The van der Waals surface area contributed by atoms with E-state index in [1.54, 1.807) is 0 Å². The molecule has 3 aromatic heterocycles. The number of hydrogen-bond acceptors (Lipinski definition) is 7. The molecule has 0 bridgehead atoms. The molecule has 0 N–H and O–H groups in total. The van der Waals surface area contributed by atoms with Crippen LogP contribution in [-0.2, 0) is 16.0 Å². The number of pyridine rings is 1. The number of anilines is 1. The number of rotatable bonds is 6. The zero-order chi connectivity index (χ0) is 26.5. The van der Waals surface area contributed by atoms with Gasteiger partial charge in [-0.05, 0) is 24.1 Å². The fourth-order valence-electron chi connectivity index (χ4n) is 5.62. The minimum atomic E-state index is -1.11. The van der Waals surface area contributed by atoms with Gasteiger partial charge < -0.3 is 19.5 Å². The Morgan fingerprint density at radius 1 is 1.00 bits per heavy atom. The number of aromatic nitrogens is 4. The van der Waals surface area contributed by atoms with Crippen molar-refractivity contribution in [3.63, 3.8) is 0 Å². The van der Waals surface area contributed by atoms with Gasteiger partial charge in [0.05, 0.1) is 35.8 Å². The normalized spacial score (nSPS) is 18.6. The van der Waals surface area contributed by atoms with Gasteiger partial charge >= 0.3 is 29.6 Å². The van der Waals surface area contributed by atoms with Gasteiger partial charge in [0.2, 0.25) is 0 Å². The van der Waals surface area contributed by atoms with E-state index in [0.717, 1.165) is 64.4 Å². The number of carboxylic acids is 1. The molecule has 0 radical (unpaired) electrons. The summed E-state index contributed by atoms with van der Waals surface area (Å²) in [5, 5.41) is 17.3. The molecular weight excluding hydrogens is 537 g/mol. The number of carbonyl (C=O) groups excluding carboxylic acids is 1. The van der Waals surface area contributed by atoms with Gasteiger partial charge in [-0.3, -0.25) is 4.98 Å². The third-order valence-corrected chi connectivity index (χ3v) is 7.82. The number of para-hydroxylation sites is 1. The number of aliphatic carboxylic acids is 1. The minimum Gasteiger partial charge on any atom is -0.550 e. The van der Waals surface area contributed by atoms with E-state index in [2.05, 4.69) is 28.2 Å². The molecule has 196 valence electrons. The Kier molecular flexibility index (Phi) is 7.54. The van der Waals surface area contributed by atoms with E-state index in [4.69, 9.17) is 26.3 Å². The maximum Gasteiger partial charge on any atom is 1.00 e. The molecule has 8 nitrogen and oxygen atoms in total. The van der Waals surface area contributed by atoms with Crippen molar-refractivity contribution < 1.29 is 44.2 Å². The average molecular weight is 562 g/mol. The topological polar surface area (TPSA) is 95.7 Å². The summed E-state index contributed by atoms with van der Waals surface area (Å²) in [6.45, 7) is 2.78. The van der Waals surface area contributed by atoms with Crippen molar-refractivity contribution in [2.75, 3.05) is 31.2 Å². The van der Waals surface area contributed by atoms with Crippen LogP contribution in [0.5, 0.6) is 0 Å². The molecule has 40 heavy (non-hydrogen) atoms. The zero-order valence-corrected chi connectivity index (χ0v) is 24.8. The van der Waals surface area contributed by atoms with Gasteiger partial charge in [-0.15, -0.1) is 0 Å². The molecule has 0 amide bonds. The molecule has 2 atom stereocenters. The van der Waals surface area contributed by atoms with E-state index in [0.29, 0.717) is 23.9 Å². The van der Waals surface area contributed by atoms with Crippen molar-refractivity contribution in [1.29, 1.82) is 0 Å². The van der Waals surface area contributed by atoms with Crippen molar-refractivity contribution in [3.05, 3.63) is 88.8 Å². The van der Waals surface area contributed by atoms with Crippen molar-refractivity contribution in [2.24, 2.45) is 0 Å². The number of imidazole rings is 1. The van der Waals surface area contributed by atoms with E-state index >= 15 is 0 Å². The first kappa shape index (κ1) is 27.2. The molecular formula is C30H25ClN5NaO3. The fraction of sp³-hybridized carbons (Fsp3) is 0.267. The van der Waals surface area contributed by atoms with Gasteiger partial charge in [0.1, 0.15) is 0 Å². The number of carbonyl (C=O) groups is 1. The van der Waals surface area contributed by atoms with Crippen LogP contribution >= 0.6 is 11.6 Å². The fourth-order valence-corrected chi connectivity index (χ4v) is 5.80. The van der Waals surface area contributed by atoms with Crippen LogP contribution < -0.4 is 39.6 Å². The number of morpholine rings is 1. The molecule has 2 fully saturated rings. The van der Waals surface area contributed by atoms with Gasteiger partial charge in [0.25, 0.3) is 0 Å². The monoisotopic (exact) mass is 561 g/mol. The van der Waals surface area contributed by atoms with Gasteiger partial charge in [-0.1, -0.05) is 60.1 Å². The quantitative estimate of drug-likeness (QED) is 0.285. The van der Waals surface area contributed by atoms with E-state index in [9.17, 15) is 9.90 Å². The van der Waals surface area contributed by atoms with Gasteiger partial charge in [-0.25, -0.2) is 9.50 Å². The number of ether oxygens (including phenoxy) is 1. The third kappa shape index (κ3) is 5.10. The number of fused-ring (bicyclic) bond motifs is 2. The maximum absolute atomic E-state index is 11.1. The van der Waals surface area contributed by atoms with Crippen LogP contribution in [0.1, 0.15) is 35.2 Å². The summed E-state index contributed by atoms with van der Waals surface area (Å²) >= 11 is 6.57. The van der Waals surface area contributed by atoms with Crippen LogP contribution in [0.2, 0.25) is 5.15 Å². The van der Waals surface area contributed by atoms with E-state index < -0.39 is 5.97 Å². The van der Waals surface area contributed by atoms with Crippen molar-refractivity contribution in [1.82, 2.24) is 19.6 Å². The Morgan fingerprint density at radius 2 is 1.77 bits per heavy atom. The van der Waals surface area contributed by atoms with Crippen LogP contribution in [0.4, 0.5) is 5.69 Å². The number of carboxylic acid groups (broad SMARTS) is 1. The SMILES string of the molecule is O=C([O-])Cc1ccc(-c2c([C@@H]3C[C@@H]3c3ccc4ccccc4n3)nc3c(N4CCOCC4)cc(Cl)nn23)cc1.[Na+]. The largest absolute Gasteiger partial charge is 1.00 e. The van der Waals surface area contributed by atoms with Crippen LogP contribution in [0.15, 0.2) is 66.7 Å². The van der Waals surface area contributed by atoms with Crippen LogP contribution in [-0.4, -0.2) is 51.9 Å². The van der Waals surface area contributed by atoms with Crippen LogP contribution in [0.3, 0.4) is 0 Å². The van der Waals surface area contributed by atoms with Crippen LogP contribution in [0, 0.1) is 0 Å². The summed E-state index contributed by atoms with van der Waals surface area (Å²) in [4.78, 5) is 23.5. The Morgan fingerprint density at radius 3 is 2.55 bits per heavy atom. The molecule has 1 saturated carbocycles. The molecule has 1 aliphatic heterocycles. The van der Waals surface area contributed by atoms with Crippen molar-refractivity contribution >= 4 is 39.8 Å². The first-order chi connectivity index (χ1) is 19.0. The van der Waals surface area contributed by atoms with E-state index in [-0.39, 0.29) is 47.8 Å². The summed E-state index contributed by atoms with van der Waals surface area (Å²) in [5.41, 5.74) is 7.14. The second kappa shape index (κ2) is 11.1. The summed E-state index contributed by atoms with van der Waals surface area (Å²) in [7, 11) is 0. The predicted octanol–water partition coefficient (Wildman–Crippen LogP) is 1.00. The molecule has 10 heteroatoms. The molecule has 4 heterocycles. The summed E-state index contributed by atoms with van der Waals surface area (Å²) in [6, 6.07) is 21.8. The zero-order valence-electron chi connectivity index (χ0n) is 22.1. The standard InChI is InChI=1S/C30H26ClN5O3.Na/c31-26-17-25(35-11-13-39-14-12-35)30-33-28(22-16-21(22)24-10-9-19-3-1-2-4-23(19)32-24)29(36(30)34-26)20-7-5-18(6-8-20)15-27(37)38;/h1-10,17,21-22H,11-16H2,(H,37,38);/q;+1/p-1/t21-,22+;/m0./s1. The molecule has 1 aliphatic carbocycles. The van der Waals surface area contributed by atoms with Gasteiger partial charge in [-0.2, -0.15) is 5.10 Å². The molecule has 1 saturated heterocycles. The predicted molar refractivity (Wildman–Crippen MR) is 147 cm³/mol. The summed E-state index contributed by atoms with van der Waals surface area (Å²) in [5.74, 6) is -0.682. The Hall–Kier alpha value is -3.01. The Bertz CT molecular complexity index is 1720. The smallest absolute Gasteiger partial charge is 0.550 e. The molecule has 0 unspecified atom stereocenters. The number of nitrogens with zero attached hydrogens (tertiary/aromatic N) is 5. The number of hydrogen-bond donors (Lipinski definition) is 0. The Labute approximate surface area is 258 Å². The summed E-state index contributed by atoms with van der Waals surface area (Å²) in [6.07, 6.45) is 0.801. The van der Waals surface area contributed by atoms with E-state index in [1.165, 1.54) is 0 Å². The van der Waals surface area contributed by atoms with Crippen molar-refractivity contribution in [3.8, 4) is 11.3 Å². The number of benzene rings is 2. The van der Waals surface area contributed by atoms with Gasteiger partial charge in [0, 0.05) is 60.0 Å². The first-order valence-electron chi connectivity index (χ1n) is 13.1. The third-order valence-electron chi connectivity index (χ3n) is 7.63. The maximum atomic E-state index is 11.1. The molecule has 7 rings (SSSR count). The second-order valence-electron chi connectivity index (χ2n) is 10.2. The Balaban J connectivity index is 0.00000289. The minimum absolute atomic E-state index is 0. The average Bonchev–Trinajstić information content (AvgIpc) is 3.66. The number of halogens is 1. The van der Waals surface area contributed by atoms with Crippen molar-refractivity contribution in [2.45, 2.75) is 24.7 Å².